The van der Waals surface area contributed by atoms with Crippen LogP contribution in [0.15, 0.2) is 72.8 Å². The van der Waals surface area contributed by atoms with Crippen molar-refractivity contribution in [2.24, 2.45) is 5.92 Å². The smallest absolute Gasteiger partial charge is 0.269 e. The van der Waals surface area contributed by atoms with Crippen molar-refractivity contribution in [1.82, 2.24) is 16.2 Å². The van der Waals surface area contributed by atoms with Gasteiger partial charge in [-0.3, -0.25) is 25.2 Å². The molecule has 3 N–H and O–H groups in total. The Labute approximate surface area is 207 Å². The van der Waals surface area contributed by atoms with Gasteiger partial charge < -0.3 is 10.1 Å². The van der Waals surface area contributed by atoms with Crippen LogP contribution in [0.4, 0.5) is 4.39 Å². The SMILES string of the molecule is CC(C)[C@H](NC(=O)c1ccccc1F)C(=O)NNC(=O)c1ccc(COc2ccc(Cl)cc2)cc1. The Morgan fingerprint density at radius 1 is 0.886 bits per heavy atom. The topological polar surface area (TPSA) is 96.5 Å². The molecule has 0 fully saturated rings. The highest BCUT2D eigenvalue weighted by molar-refractivity contribution is 6.30. The van der Waals surface area contributed by atoms with Crippen LogP contribution >= 0.6 is 11.6 Å². The van der Waals surface area contributed by atoms with Crippen LogP contribution < -0.4 is 20.9 Å². The van der Waals surface area contributed by atoms with E-state index in [4.69, 9.17) is 16.3 Å². The molecule has 0 heterocycles. The maximum absolute atomic E-state index is 13.9. The lowest BCUT2D eigenvalue weighted by Gasteiger charge is -2.22. The third-order valence-corrected chi connectivity index (χ3v) is 5.34. The third-order valence-electron chi connectivity index (χ3n) is 5.09. The minimum Gasteiger partial charge on any atom is -0.489 e. The molecule has 0 saturated heterocycles. The predicted octanol–water partition coefficient (Wildman–Crippen LogP) is 4.27. The number of benzene rings is 3. The van der Waals surface area contributed by atoms with Crippen molar-refractivity contribution in [2.75, 3.05) is 0 Å². The second kappa shape index (κ2) is 12.0. The number of carbonyl (C=O) groups is 3. The highest BCUT2D eigenvalue weighted by Gasteiger charge is 2.26. The van der Waals surface area contributed by atoms with Crippen LogP contribution in [0, 0.1) is 11.7 Å². The van der Waals surface area contributed by atoms with Crippen molar-refractivity contribution in [3.8, 4) is 5.75 Å². The van der Waals surface area contributed by atoms with E-state index in [1.165, 1.54) is 18.2 Å². The van der Waals surface area contributed by atoms with Gasteiger partial charge in [0.25, 0.3) is 17.7 Å². The molecular weight excluding hydrogens is 473 g/mol. The number of ether oxygens (including phenoxy) is 1. The zero-order valence-corrected chi connectivity index (χ0v) is 19.9. The highest BCUT2D eigenvalue weighted by Crippen LogP contribution is 2.17. The maximum atomic E-state index is 13.9. The van der Waals surface area contributed by atoms with Gasteiger partial charge in [-0.25, -0.2) is 4.39 Å². The lowest BCUT2D eigenvalue weighted by molar-refractivity contribution is -0.124. The first kappa shape index (κ1) is 25.7. The zero-order chi connectivity index (χ0) is 25.4. The molecule has 0 unspecified atom stereocenters. The fourth-order valence-corrected chi connectivity index (χ4v) is 3.24. The number of hydrogen-bond donors (Lipinski definition) is 3. The molecule has 3 rings (SSSR count). The molecule has 0 aromatic heterocycles. The number of amides is 3. The molecule has 0 aliphatic rings. The number of nitrogens with one attached hydrogen (secondary N) is 3. The first-order valence-corrected chi connectivity index (χ1v) is 11.3. The molecule has 0 bridgehead atoms. The normalized spacial score (nSPS) is 11.5. The third kappa shape index (κ3) is 7.28. The van der Waals surface area contributed by atoms with Crippen molar-refractivity contribution in [2.45, 2.75) is 26.5 Å². The minimum absolute atomic E-state index is 0.171. The average Bonchev–Trinajstić information content (AvgIpc) is 2.85. The summed E-state index contributed by atoms with van der Waals surface area (Å²) < 4.78 is 19.6. The molecule has 0 aliphatic heterocycles. The van der Waals surface area contributed by atoms with E-state index in [1.54, 1.807) is 62.4 Å². The van der Waals surface area contributed by atoms with Crippen molar-refractivity contribution >= 4 is 29.3 Å². The molecule has 0 spiro atoms. The number of halogens is 2. The van der Waals surface area contributed by atoms with Crippen molar-refractivity contribution in [3.63, 3.8) is 0 Å². The monoisotopic (exact) mass is 497 g/mol. The van der Waals surface area contributed by atoms with Crippen LogP contribution in [0.2, 0.25) is 5.02 Å². The average molecular weight is 498 g/mol. The standard InChI is InChI=1S/C26H25ClFN3O4/c1-16(2)23(29-25(33)21-5-3-4-6-22(21)28)26(34)31-30-24(32)18-9-7-17(8-10-18)15-35-20-13-11-19(27)12-14-20/h3-14,16,23H,15H2,1-2H3,(H,29,33)(H,30,32)(H,31,34)/t23-/m0/s1. The van der Waals surface area contributed by atoms with Gasteiger partial charge in [0.1, 0.15) is 24.2 Å². The quantitative estimate of drug-likeness (QED) is 0.405. The Kier molecular flexibility index (Phi) is 8.80. The summed E-state index contributed by atoms with van der Waals surface area (Å²) in [5, 5.41) is 3.13. The van der Waals surface area contributed by atoms with Gasteiger partial charge >= 0.3 is 0 Å². The molecule has 35 heavy (non-hydrogen) atoms. The minimum atomic E-state index is -0.991. The molecule has 0 saturated carbocycles. The molecule has 1 atom stereocenters. The summed E-state index contributed by atoms with van der Waals surface area (Å²) in [6.07, 6.45) is 0. The lowest BCUT2D eigenvalue weighted by Crippen LogP contribution is -2.54. The highest BCUT2D eigenvalue weighted by atomic mass is 35.5. The van der Waals surface area contributed by atoms with Gasteiger partial charge in [-0.15, -0.1) is 0 Å². The van der Waals surface area contributed by atoms with Gasteiger partial charge in [0.15, 0.2) is 0 Å². The van der Waals surface area contributed by atoms with Gasteiger partial charge in [-0.1, -0.05) is 49.7 Å². The fourth-order valence-electron chi connectivity index (χ4n) is 3.12. The number of hydrazine groups is 1. The molecule has 3 amide bonds. The van der Waals surface area contributed by atoms with Crippen LogP contribution in [0.3, 0.4) is 0 Å². The van der Waals surface area contributed by atoms with Crippen LogP contribution in [-0.4, -0.2) is 23.8 Å². The van der Waals surface area contributed by atoms with Crippen LogP contribution in [-0.2, 0) is 11.4 Å². The predicted molar refractivity (Wildman–Crippen MR) is 130 cm³/mol. The fraction of sp³-hybridized carbons (Fsp3) is 0.192. The van der Waals surface area contributed by atoms with E-state index in [1.807, 2.05) is 0 Å². The first-order chi connectivity index (χ1) is 16.7. The molecular formula is C26H25ClFN3O4. The summed E-state index contributed by atoms with van der Waals surface area (Å²) in [6, 6.07) is 18.1. The molecule has 3 aromatic carbocycles. The summed E-state index contributed by atoms with van der Waals surface area (Å²) in [4.78, 5) is 37.5. The van der Waals surface area contributed by atoms with Crippen molar-refractivity contribution < 1.29 is 23.5 Å². The second-order valence-electron chi connectivity index (χ2n) is 8.06. The summed E-state index contributed by atoms with van der Waals surface area (Å²) in [5.74, 6) is -2.23. The van der Waals surface area contributed by atoms with Gasteiger partial charge in [0.05, 0.1) is 5.56 Å². The Morgan fingerprint density at radius 2 is 1.54 bits per heavy atom. The van der Waals surface area contributed by atoms with Crippen LogP contribution in [0.25, 0.3) is 0 Å². The maximum Gasteiger partial charge on any atom is 0.269 e. The van der Waals surface area contributed by atoms with Crippen LogP contribution in [0.1, 0.15) is 40.1 Å². The molecule has 7 nitrogen and oxygen atoms in total. The van der Waals surface area contributed by atoms with Gasteiger partial charge in [-0.05, 0) is 60.0 Å². The van der Waals surface area contributed by atoms with E-state index in [0.717, 1.165) is 11.6 Å². The molecule has 3 aromatic rings. The summed E-state index contributed by atoms with van der Waals surface area (Å²) in [7, 11) is 0. The Balaban J connectivity index is 1.53. The Bertz CT molecular complexity index is 1180. The lowest BCUT2D eigenvalue weighted by atomic mass is 10.0. The zero-order valence-electron chi connectivity index (χ0n) is 19.2. The van der Waals surface area contributed by atoms with E-state index < -0.39 is 29.6 Å². The largest absolute Gasteiger partial charge is 0.489 e. The van der Waals surface area contributed by atoms with Gasteiger partial charge in [0.2, 0.25) is 0 Å². The van der Waals surface area contributed by atoms with E-state index in [2.05, 4.69) is 16.2 Å². The van der Waals surface area contributed by atoms with Crippen LogP contribution in [0.5, 0.6) is 5.75 Å². The molecule has 0 aliphatic carbocycles. The van der Waals surface area contributed by atoms with E-state index in [9.17, 15) is 18.8 Å². The number of rotatable bonds is 8. The Hall–Kier alpha value is -3.91. The first-order valence-electron chi connectivity index (χ1n) is 10.9. The molecule has 0 radical (unpaired) electrons. The van der Waals surface area contributed by atoms with Gasteiger partial charge in [-0.2, -0.15) is 0 Å². The number of carbonyl (C=O) groups excluding carboxylic acids is 3. The van der Waals surface area contributed by atoms with Crippen molar-refractivity contribution in [1.29, 1.82) is 0 Å². The van der Waals surface area contributed by atoms with Gasteiger partial charge in [0, 0.05) is 10.6 Å². The van der Waals surface area contributed by atoms with E-state index in [0.29, 0.717) is 22.9 Å². The molecule has 9 heteroatoms. The van der Waals surface area contributed by atoms with E-state index in [-0.39, 0.29) is 11.5 Å². The molecule has 182 valence electrons. The summed E-state index contributed by atoms with van der Waals surface area (Å²) in [5.41, 5.74) is 5.64. The Morgan fingerprint density at radius 3 is 2.17 bits per heavy atom. The summed E-state index contributed by atoms with van der Waals surface area (Å²) in [6.45, 7) is 3.75. The van der Waals surface area contributed by atoms with Crippen molar-refractivity contribution in [3.05, 3.63) is 100 Å². The summed E-state index contributed by atoms with van der Waals surface area (Å²) >= 11 is 5.86. The number of hydrogen-bond acceptors (Lipinski definition) is 4. The van der Waals surface area contributed by atoms with E-state index >= 15 is 0 Å². The second-order valence-corrected chi connectivity index (χ2v) is 8.49.